The first-order valence-electron chi connectivity index (χ1n) is 7.54. The zero-order chi connectivity index (χ0) is 16.7. The fourth-order valence-electron chi connectivity index (χ4n) is 2.13. The van der Waals surface area contributed by atoms with Gasteiger partial charge in [-0.05, 0) is 37.1 Å². The van der Waals surface area contributed by atoms with Crippen molar-refractivity contribution in [2.75, 3.05) is 18.9 Å². The highest BCUT2D eigenvalue weighted by molar-refractivity contribution is 5.94. The Labute approximate surface area is 136 Å². The van der Waals surface area contributed by atoms with Crippen LogP contribution in [0, 0.1) is 6.92 Å². The van der Waals surface area contributed by atoms with Gasteiger partial charge in [-0.2, -0.15) is 0 Å². The molecule has 1 aromatic carbocycles. The van der Waals surface area contributed by atoms with Crippen LogP contribution in [0.5, 0.6) is 0 Å². The number of aromatic nitrogens is 1. The Morgan fingerprint density at radius 2 is 1.91 bits per heavy atom. The van der Waals surface area contributed by atoms with Crippen molar-refractivity contribution >= 4 is 17.5 Å². The fourth-order valence-corrected chi connectivity index (χ4v) is 2.13. The highest BCUT2D eigenvalue weighted by Gasteiger charge is 2.13. The van der Waals surface area contributed by atoms with E-state index in [-0.39, 0.29) is 18.4 Å². The molecular formula is C18H21N3O2. The summed E-state index contributed by atoms with van der Waals surface area (Å²) in [7, 11) is 1.64. The quantitative estimate of drug-likeness (QED) is 0.891. The van der Waals surface area contributed by atoms with Crippen LogP contribution in [0.1, 0.15) is 17.5 Å². The van der Waals surface area contributed by atoms with Gasteiger partial charge in [-0.25, -0.2) is 0 Å². The van der Waals surface area contributed by atoms with E-state index >= 15 is 0 Å². The van der Waals surface area contributed by atoms with Crippen LogP contribution in [0.15, 0.2) is 48.8 Å². The Morgan fingerprint density at radius 3 is 2.57 bits per heavy atom. The lowest BCUT2D eigenvalue weighted by Gasteiger charge is -2.17. The summed E-state index contributed by atoms with van der Waals surface area (Å²) in [5.74, 6) is -0.265. The average molecular weight is 311 g/mol. The van der Waals surface area contributed by atoms with Gasteiger partial charge < -0.3 is 10.2 Å². The average Bonchev–Trinajstić information content (AvgIpc) is 2.55. The van der Waals surface area contributed by atoms with Gasteiger partial charge in [-0.3, -0.25) is 14.6 Å². The van der Waals surface area contributed by atoms with Crippen molar-refractivity contribution < 1.29 is 9.59 Å². The zero-order valence-electron chi connectivity index (χ0n) is 13.5. The van der Waals surface area contributed by atoms with Crippen molar-refractivity contribution in [2.45, 2.75) is 19.8 Å². The molecule has 120 valence electrons. The number of nitrogens with one attached hydrogen (secondary N) is 1. The molecule has 0 radical (unpaired) electrons. The third-order valence-corrected chi connectivity index (χ3v) is 3.49. The lowest BCUT2D eigenvalue weighted by molar-refractivity contribution is -0.133. The van der Waals surface area contributed by atoms with Gasteiger partial charge >= 0.3 is 0 Å². The lowest BCUT2D eigenvalue weighted by atomic mass is 10.1. The maximum atomic E-state index is 12.1. The summed E-state index contributed by atoms with van der Waals surface area (Å²) in [6.45, 7) is 2.03. The van der Waals surface area contributed by atoms with Gasteiger partial charge in [0.1, 0.15) is 0 Å². The fraction of sp³-hybridized carbons (Fsp3) is 0.278. The number of nitrogens with zero attached hydrogens (tertiary/aromatic N) is 2. The van der Waals surface area contributed by atoms with Crippen LogP contribution in [0.4, 0.5) is 5.69 Å². The van der Waals surface area contributed by atoms with Gasteiger partial charge in [0, 0.05) is 31.5 Å². The normalized spacial score (nSPS) is 10.2. The van der Waals surface area contributed by atoms with E-state index < -0.39 is 0 Å². The summed E-state index contributed by atoms with van der Waals surface area (Å²) in [6, 6.07) is 11.3. The molecular weight excluding hydrogens is 290 g/mol. The Morgan fingerprint density at radius 1 is 1.17 bits per heavy atom. The first kappa shape index (κ1) is 16.7. The number of pyridine rings is 1. The first-order chi connectivity index (χ1) is 11.0. The molecule has 0 fully saturated rings. The van der Waals surface area contributed by atoms with Crippen LogP contribution >= 0.6 is 0 Å². The van der Waals surface area contributed by atoms with Crippen molar-refractivity contribution in [2.24, 2.45) is 0 Å². The zero-order valence-corrected chi connectivity index (χ0v) is 13.5. The van der Waals surface area contributed by atoms with Crippen LogP contribution in [0.2, 0.25) is 0 Å². The number of rotatable bonds is 6. The van der Waals surface area contributed by atoms with Crippen LogP contribution < -0.4 is 5.32 Å². The SMILES string of the molecule is Cc1ccc(NC(=O)CN(C)C(=O)CCc2cccnc2)cc1. The van der Waals surface area contributed by atoms with E-state index in [0.717, 1.165) is 16.8 Å². The smallest absolute Gasteiger partial charge is 0.243 e. The second-order valence-electron chi connectivity index (χ2n) is 5.53. The van der Waals surface area contributed by atoms with E-state index in [9.17, 15) is 9.59 Å². The molecule has 0 aliphatic heterocycles. The number of amides is 2. The Balaban J connectivity index is 1.78. The van der Waals surface area contributed by atoms with Crippen molar-refractivity contribution in [1.29, 1.82) is 0 Å². The lowest BCUT2D eigenvalue weighted by Crippen LogP contribution is -2.35. The topological polar surface area (TPSA) is 62.3 Å². The van der Waals surface area contributed by atoms with Crippen LogP contribution in [-0.4, -0.2) is 35.3 Å². The van der Waals surface area contributed by atoms with E-state index in [2.05, 4.69) is 10.3 Å². The summed E-state index contributed by atoms with van der Waals surface area (Å²) in [4.78, 5) is 29.5. The third kappa shape index (κ3) is 5.54. The minimum Gasteiger partial charge on any atom is -0.336 e. The third-order valence-electron chi connectivity index (χ3n) is 3.49. The van der Waals surface area contributed by atoms with E-state index in [4.69, 9.17) is 0 Å². The van der Waals surface area contributed by atoms with Gasteiger partial charge in [0.25, 0.3) is 0 Å². The van der Waals surface area contributed by atoms with Crippen molar-refractivity contribution in [3.05, 3.63) is 59.9 Å². The number of hydrogen-bond donors (Lipinski definition) is 1. The molecule has 0 saturated heterocycles. The molecule has 0 atom stereocenters. The second-order valence-corrected chi connectivity index (χ2v) is 5.53. The second kappa shape index (κ2) is 8.08. The summed E-state index contributed by atoms with van der Waals surface area (Å²) >= 11 is 0. The molecule has 23 heavy (non-hydrogen) atoms. The highest BCUT2D eigenvalue weighted by Crippen LogP contribution is 2.08. The molecule has 0 aliphatic carbocycles. The summed E-state index contributed by atoms with van der Waals surface area (Å²) in [6.07, 6.45) is 4.43. The summed E-state index contributed by atoms with van der Waals surface area (Å²) in [5, 5.41) is 2.79. The summed E-state index contributed by atoms with van der Waals surface area (Å²) in [5.41, 5.74) is 2.88. The highest BCUT2D eigenvalue weighted by atomic mass is 16.2. The molecule has 2 rings (SSSR count). The number of benzene rings is 1. The number of aryl methyl sites for hydroxylation is 2. The molecule has 0 spiro atoms. The minimum absolute atomic E-state index is 0.0414. The number of hydrogen-bond acceptors (Lipinski definition) is 3. The molecule has 0 aliphatic rings. The molecule has 0 saturated carbocycles. The van der Waals surface area contributed by atoms with Crippen molar-refractivity contribution in [3.63, 3.8) is 0 Å². The Bertz CT molecular complexity index is 654. The number of carbonyl (C=O) groups is 2. The minimum atomic E-state index is -0.203. The van der Waals surface area contributed by atoms with E-state index in [1.165, 1.54) is 4.90 Å². The maximum absolute atomic E-state index is 12.1. The first-order valence-corrected chi connectivity index (χ1v) is 7.54. The van der Waals surface area contributed by atoms with Crippen molar-refractivity contribution in [3.8, 4) is 0 Å². The Kier molecular flexibility index (Phi) is 5.86. The molecule has 0 bridgehead atoms. The molecule has 5 nitrogen and oxygen atoms in total. The molecule has 5 heteroatoms. The number of anilines is 1. The molecule has 1 heterocycles. The van der Waals surface area contributed by atoms with E-state index in [1.54, 1.807) is 19.4 Å². The summed E-state index contributed by atoms with van der Waals surface area (Å²) < 4.78 is 0. The van der Waals surface area contributed by atoms with Crippen LogP contribution in [-0.2, 0) is 16.0 Å². The largest absolute Gasteiger partial charge is 0.336 e. The Hall–Kier alpha value is -2.69. The number of likely N-dealkylation sites (N-methyl/N-ethyl adjacent to an activating group) is 1. The molecule has 0 unspecified atom stereocenters. The van der Waals surface area contributed by atoms with Gasteiger partial charge in [0.05, 0.1) is 6.54 Å². The molecule has 2 aromatic rings. The monoisotopic (exact) mass is 311 g/mol. The maximum Gasteiger partial charge on any atom is 0.243 e. The van der Waals surface area contributed by atoms with Crippen LogP contribution in [0.25, 0.3) is 0 Å². The van der Waals surface area contributed by atoms with Gasteiger partial charge in [-0.15, -0.1) is 0 Å². The van der Waals surface area contributed by atoms with Gasteiger partial charge in [0.2, 0.25) is 11.8 Å². The number of carbonyl (C=O) groups excluding carboxylic acids is 2. The van der Waals surface area contributed by atoms with Gasteiger partial charge in [0.15, 0.2) is 0 Å². The van der Waals surface area contributed by atoms with E-state index in [1.807, 2.05) is 43.3 Å². The predicted molar refractivity (Wildman–Crippen MR) is 90.0 cm³/mol. The molecule has 2 amide bonds. The van der Waals surface area contributed by atoms with Crippen LogP contribution in [0.3, 0.4) is 0 Å². The van der Waals surface area contributed by atoms with Gasteiger partial charge in [-0.1, -0.05) is 23.8 Å². The standard InChI is InChI=1S/C18H21N3O2/c1-14-5-8-16(9-6-14)20-17(22)13-21(2)18(23)10-7-15-4-3-11-19-12-15/h3-6,8-9,11-12H,7,10,13H2,1-2H3,(H,20,22). The molecule has 1 aromatic heterocycles. The van der Waals surface area contributed by atoms with Crippen molar-refractivity contribution in [1.82, 2.24) is 9.88 Å². The predicted octanol–water partition coefficient (Wildman–Crippen LogP) is 2.42. The van der Waals surface area contributed by atoms with E-state index in [0.29, 0.717) is 12.8 Å². The molecule has 1 N–H and O–H groups in total.